The molecular formula is C13H24N4O3. The van der Waals surface area contributed by atoms with Crippen molar-refractivity contribution < 1.29 is 14.4 Å². The van der Waals surface area contributed by atoms with E-state index in [1.807, 2.05) is 20.8 Å². The fourth-order valence-corrected chi connectivity index (χ4v) is 1.51. The summed E-state index contributed by atoms with van der Waals surface area (Å²) in [4.78, 5) is 15.7. The molecule has 1 aromatic rings. The Labute approximate surface area is 119 Å². The highest BCUT2D eigenvalue weighted by atomic mass is 16.5. The average molecular weight is 284 g/mol. The highest BCUT2D eigenvalue weighted by molar-refractivity contribution is 5.73. The molecule has 0 saturated heterocycles. The zero-order valence-electron chi connectivity index (χ0n) is 12.3. The van der Waals surface area contributed by atoms with Crippen LogP contribution in [-0.4, -0.2) is 40.5 Å². The summed E-state index contributed by atoms with van der Waals surface area (Å²) in [5.41, 5.74) is 0. The monoisotopic (exact) mass is 284 g/mol. The minimum atomic E-state index is -0.358. The largest absolute Gasteiger partial charge is 0.393 e. The Balaban J connectivity index is 2.15. The molecular weight excluding hydrogens is 260 g/mol. The van der Waals surface area contributed by atoms with Crippen molar-refractivity contribution in [3.8, 4) is 0 Å². The molecule has 1 heterocycles. The van der Waals surface area contributed by atoms with Crippen LogP contribution in [0.2, 0.25) is 0 Å². The van der Waals surface area contributed by atoms with Gasteiger partial charge in [-0.05, 0) is 12.8 Å². The first-order valence-corrected chi connectivity index (χ1v) is 7.05. The minimum Gasteiger partial charge on any atom is -0.393 e. The van der Waals surface area contributed by atoms with Crippen molar-refractivity contribution in [1.82, 2.24) is 20.8 Å². The van der Waals surface area contributed by atoms with E-state index >= 15 is 0 Å². The van der Waals surface area contributed by atoms with E-state index in [1.54, 1.807) is 0 Å². The maximum absolute atomic E-state index is 11.4. The van der Waals surface area contributed by atoms with Crippen LogP contribution in [0, 0.1) is 0 Å². The maximum Gasteiger partial charge on any atom is 0.314 e. The molecule has 1 atom stereocenters. The van der Waals surface area contributed by atoms with Crippen LogP contribution >= 0.6 is 0 Å². The van der Waals surface area contributed by atoms with E-state index in [-0.39, 0.29) is 18.1 Å². The molecule has 1 rings (SSSR count). The summed E-state index contributed by atoms with van der Waals surface area (Å²) in [6.07, 6.45) is 1.40. The number of aromatic nitrogens is 2. The van der Waals surface area contributed by atoms with Crippen molar-refractivity contribution in [2.45, 2.75) is 52.1 Å². The van der Waals surface area contributed by atoms with Gasteiger partial charge in [0.05, 0.1) is 6.10 Å². The number of hydrogen-bond donors (Lipinski definition) is 3. The molecule has 114 valence electrons. The van der Waals surface area contributed by atoms with Gasteiger partial charge in [-0.3, -0.25) is 0 Å². The summed E-state index contributed by atoms with van der Waals surface area (Å²) in [5.74, 6) is 1.43. The minimum absolute atomic E-state index is 0.230. The number of amides is 2. The predicted octanol–water partition coefficient (Wildman–Crippen LogP) is 1.20. The van der Waals surface area contributed by atoms with Gasteiger partial charge in [0, 0.05) is 25.4 Å². The summed E-state index contributed by atoms with van der Waals surface area (Å²) in [6.45, 7) is 6.78. The van der Waals surface area contributed by atoms with Crippen molar-refractivity contribution in [2.75, 3.05) is 13.1 Å². The molecule has 0 fully saturated rings. The molecule has 0 radical (unpaired) electrons. The summed E-state index contributed by atoms with van der Waals surface area (Å²) >= 11 is 0. The molecule has 3 N–H and O–H groups in total. The lowest BCUT2D eigenvalue weighted by Crippen LogP contribution is -2.37. The highest BCUT2D eigenvalue weighted by Crippen LogP contribution is 2.09. The van der Waals surface area contributed by atoms with E-state index < -0.39 is 0 Å². The topological polar surface area (TPSA) is 100 Å². The third-order valence-electron chi connectivity index (χ3n) is 2.86. The maximum atomic E-state index is 11.4. The van der Waals surface area contributed by atoms with Gasteiger partial charge in [-0.25, -0.2) is 4.79 Å². The predicted molar refractivity (Wildman–Crippen MR) is 74.4 cm³/mol. The van der Waals surface area contributed by atoms with Gasteiger partial charge in [-0.15, -0.1) is 0 Å². The van der Waals surface area contributed by atoms with Gasteiger partial charge in [-0.1, -0.05) is 25.9 Å². The van der Waals surface area contributed by atoms with Crippen molar-refractivity contribution in [2.24, 2.45) is 0 Å². The highest BCUT2D eigenvalue weighted by Gasteiger charge is 2.09. The van der Waals surface area contributed by atoms with E-state index in [9.17, 15) is 9.90 Å². The number of nitrogens with one attached hydrogen (secondary N) is 2. The van der Waals surface area contributed by atoms with E-state index in [0.29, 0.717) is 44.1 Å². The molecule has 0 aliphatic heterocycles. The Morgan fingerprint density at radius 1 is 1.35 bits per heavy atom. The van der Waals surface area contributed by atoms with E-state index in [4.69, 9.17) is 4.52 Å². The summed E-state index contributed by atoms with van der Waals surface area (Å²) in [7, 11) is 0. The summed E-state index contributed by atoms with van der Waals surface area (Å²) in [5, 5.41) is 18.6. The lowest BCUT2D eigenvalue weighted by atomic mass is 10.2. The normalized spacial score (nSPS) is 12.4. The fourth-order valence-electron chi connectivity index (χ4n) is 1.51. The lowest BCUT2D eigenvalue weighted by molar-refractivity contribution is 0.160. The molecule has 20 heavy (non-hydrogen) atoms. The Morgan fingerprint density at radius 2 is 2.05 bits per heavy atom. The van der Waals surface area contributed by atoms with Crippen LogP contribution in [0.3, 0.4) is 0 Å². The first kappa shape index (κ1) is 16.4. The smallest absolute Gasteiger partial charge is 0.314 e. The van der Waals surface area contributed by atoms with E-state index in [1.165, 1.54) is 0 Å². The second kappa shape index (κ2) is 8.52. The van der Waals surface area contributed by atoms with E-state index in [2.05, 4.69) is 20.8 Å². The third kappa shape index (κ3) is 6.01. The number of carbonyl (C=O) groups is 1. The Kier molecular flexibility index (Phi) is 7.00. The lowest BCUT2D eigenvalue weighted by Gasteiger charge is -2.09. The molecule has 1 unspecified atom stereocenters. The molecule has 0 spiro atoms. The molecule has 7 nitrogen and oxygen atoms in total. The summed E-state index contributed by atoms with van der Waals surface area (Å²) in [6, 6.07) is -0.253. The van der Waals surface area contributed by atoms with Crippen molar-refractivity contribution in [3.05, 3.63) is 11.7 Å². The molecule has 7 heteroatoms. The first-order valence-electron chi connectivity index (χ1n) is 7.05. The summed E-state index contributed by atoms with van der Waals surface area (Å²) < 4.78 is 5.07. The number of aliphatic hydroxyl groups is 1. The number of aliphatic hydroxyl groups excluding tert-OH is 1. The number of rotatable bonds is 8. The Morgan fingerprint density at radius 3 is 2.65 bits per heavy atom. The molecule has 2 amide bonds. The SMILES string of the molecule is CCC(O)CCNC(=O)NCCc1nc(C(C)C)no1. The molecule has 0 aliphatic carbocycles. The molecule has 0 aromatic carbocycles. The number of carbonyl (C=O) groups excluding carboxylic acids is 1. The second-order valence-corrected chi connectivity index (χ2v) is 4.98. The number of urea groups is 1. The molecule has 1 aromatic heterocycles. The van der Waals surface area contributed by atoms with Gasteiger partial charge >= 0.3 is 6.03 Å². The standard InChI is InChI=1S/C13H24N4O3/c1-4-10(18)5-7-14-13(19)15-8-6-11-16-12(9(2)3)17-20-11/h9-10,18H,4-8H2,1-3H3,(H2,14,15,19). The zero-order valence-corrected chi connectivity index (χ0v) is 12.3. The van der Waals surface area contributed by atoms with Crippen LogP contribution in [0.25, 0.3) is 0 Å². The number of hydrogen-bond acceptors (Lipinski definition) is 5. The second-order valence-electron chi connectivity index (χ2n) is 4.98. The van der Waals surface area contributed by atoms with Crippen LogP contribution in [0.1, 0.15) is 51.2 Å². The van der Waals surface area contributed by atoms with Gasteiger partial charge in [0.25, 0.3) is 0 Å². The number of nitrogens with zero attached hydrogens (tertiary/aromatic N) is 2. The quantitative estimate of drug-likeness (QED) is 0.666. The Hall–Kier alpha value is -1.63. The average Bonchev–Trinajstić information content (AvgIpc) is 2.87. The van der Waals surface area contributed by atoms with Gasteiger partial charge in [-0.2, -0.15) is 4.98 Å². The van der Waals surface area contributed by atoms with Crippen LogP contribution in [0.4, 0.5) is 4.79 Å². The van der Waals surface area contributed by atoms with E-state index in [0.717, 1.165) is 0 Å². The van der Waals surface area contributed by atoms with Gasteiger partial charge in [0.15, 0.2) is 5.82 Å². The van der Waals surface area contributed by atoms with Crippen LogP contribution < -0.4 is 10.6 Å². The zero-order chi connectivity index (χ0) is 15.0. The molecule has 0 saturated carbocycles. The van der Waals surface area contributed by atoms with Crippen molar-refractivity contribution >= 4 is 6.03 Å². The van der Waals surface area contributed by atoms with Crippen LogP contribution in [-0.2, 0) is 6.42 Å². The van der Waals surface area contributed by atoms with Crippen molar-refractivity contribution in [1.29, 1.82) is 0 Å². The van der Waals surface area contributed by atoms with Crippen molar-refractivity contribution in [3.63, 3.8) is 0 Å². The molecule has 0 aliphatic rings. The van der Waals surface area contributed by atoms with Crippen LogP contribution in [0.15, 0.2) is 4.52 Å². The van der Waals surface area contributed by atoms with Gasteiger partial charge in [0.1, 0.15) is 0 Å². The van der Waals surface area contributed by atoms with Gasteiger partial charge < -0.3 is 20.3 Å². The Bertz CT molecular complexity index is 406. The third-order valence-corrected chi connectivity index (χ3v) is 2.86. The molecule has 0 bridgehead atoms. The first-order chi connectivity index (χ1) is 9.52. The fraction of sp³-hybridized carbons (Fsp3) is 0.769. The van der Waals surface area contributed by atoms with Gasteiger partial charge in [0.2, 0.25) is 5.89 Å². The van der Waals surface area contributed by atoms with Crippen LogP contribution in [0.5, 0.6) is 0 Å².